The lowest BCUT2D eigenvalue weighted by Crippen LogP contribution is -2.09. The topological polar surface area (TPSA) is 8.17 Å². The van der Waals surface area contributed by atoms with Crippen molar-refractivity contribution < 1.29 is 0 Å². The van der Waals surface area contributed by atoms with E-state index in [4.69, 9.17) is 0 Å². The van der Waals surface area contributed by atoms with Gasteiger partial charge in [-0.15, -0.1) is 11.3 Å². The summed E-state index contributed by atoms with van der Waals surface area (Å²) >= 11 is 1.90. The fraction of sp³-hybridized carbons (Fsp3) is 0. The fourth-order valence-electron chi connectivity index (χ4n) is 10.9. The third-order valence-corrected chi connectivity index (χ3v) is 15.7. The van der Waals surface area contributed by atoms with Gasteiger partial charge >= 0.3 is 0 Å². The summed E-state index contributed by atoms with van der Waals surface area (Å²) < 4.78 is 5.08. The van der Waals surface area contributed by atoms with Crippen molar-refractivity contribution in [1.82, 2.24) is 4.57 Å². The van der Waals surface area contributed by atoms with E-state index in [2.05, 4.69) is 276 Å². The molecule has 0 aliphatic carbocycles. The van der Waals surface area contributed by atoms with Gasteiger partial charge in [0.15, 0.2) is 0 Å². The van der Waals surface area contributed by atoms with Crippen LogP contribution in [0, 0.1) is 0 Å². The zero-order valence-electron chi connectivity index (χ0n) is 38.7. The Balaban J connectivity index is 0.855. The Kier molecular flexibility index (Phi) is 9.75. The lowest BCUT2D eigenvalue weighted by atomic mass is 9.97. The molecule has 0 radical (unpaired) electrons. The molecule has 0 saturated heterocycles. The third kappa shape index (κ3) is 7.01. The van der Waals surface area contributed by atoms with Gasteiger partial charge in [-0.1, -0.05) is 200 Å². The van der Waals surface area contributed by atoms with E-state index in [1.54, 1.807) is 0 Å². The van der Waals surface area contributed by atoms with Gasteiger partial charge in [0.1, 0.15) is 0 Å². The molecule has 0 N–H and O–H groups in total. The Hall–Kier alpha value is -9.02. The summed E-state index contributed by atoms with van der Waals surface area (Å²) in [7, 11) is 0. The molecule has 12 aromatic carbocycles. The van der Waals surface area contributed by atoms with Crippen molar-refractivity contribution in [2.75, 3.05) is 4.90 Å². The molecule has 2 heterocycles. The number of aromatic nitrogens is 1. The van der Waals surface area contributed by atoms with Crippen LogP contribution in [0.2, 0.25) is 0 Å². The SMILES string of the molecule is c1cc(-c2ccc(N(c3ccc(-c4ccccc4-n4c5ccccc5c5ccccc54)cc3)c3ccc(-c4cccc5c4sc4c6ccccc6ccc54)cc3)cc2)cc(-c2ccc3ccccc3c2)c1. The summed E-state index contributed by atoms with van der Waals surface area (Å²) in [6, 6.07) is 97.8. The summed E-state index contributed by atoms with van der Waals surface area (Å²) in [5, 5.41) is 10.2. The Labute approximate surface area is 416 Å². The van der Waals surface area contributed by atoms with E-state index in [1.165, 1.54) is 102 Å². The Morgan fingerprint density at radius 1 is 0.268 bits per heavy atom. The fourth-order valence-corrected chi connectivity index (χ4v) is 12.3. The van der Waals surface area contributed by atoms with Crippen LogP contribution in [0.1, 0.15) is 0 Å². The highest BCUT2D eigenvalue weighted by Crippen LogP contribution is 2.45. The van der Waals surface area contributed by atoms with Crippen molar-refractivity contribution in [3.05, 3.63) is 267 Å². The molecule has 2 nitrogen and oxygen atoms in total. The number of fused-ring (bicyclic) bond motifs is 9. The number of benzene rings is 12. The van der Waals surface area contributed by atoms with Crippen LogP contribution in [-0.4, -0.2) is 4.57 Å². The molecule has 0 aliphatic heterocycles. The molecule has 0 spiro atoms. The molecule has 14 aromatic rings. The average Bonchev–Trinajstić information content (AvgIpc) is 4.00. The van der Waals surface area contributed by atoms with Gasteiger partial charge in [0, 0.05) is 53.6 Å². The van der Waals surface area contributed by atoms with E-state index in [-0.39, 0.29) is 0 Å². The van der Waals surface area contributed by atoms with Gasteiger partial charge in [0.05, 0.1) is 16.7 Å². The zero-order valence-corrected chi connectivity index (χ0v) is 39.5. The highest BCUT2D eigenvalue weighted by Gasteiger charge is 2.19. The number of hydrogen-bond acceptors (Lipinski definition) is 2. The van der Waals surface area contributed by atoms with Crippen LogP contribution in [0.5, 0.6) is 0 Å². The molecule has 0 saturated carbocycles. The third-order valence-electron chi connectivity index (χ3n) is 14.4. The van der Waals surface area contributed by atoms with Crippen molar-refractivity contribution in [2.45, 2.75) is 0 Å². The van der Waals surface area contributed by atoms with Gasteiger partial charge in [0.2, 0.25) is 0 Å². The lowest BCUT2D eigenvalue weighted by Gasteiger charge is -2.26. The average molecular weight is 921 g/mol. The summed E-state index contributed by atoms with van der Waals surface area (Å²) in [5.74, 6) is 0. The highest BCUT2D eigenvalue weighted by atomic mass is 32.1. The molecule has 0 unspecified atom stereocenters. The zero-order chi connectivity index (χ0) is 46.8. The van der Waals surface area contributed by atoms with Gasteiger partial charge in [-0.2, -0.15) is 0 Å². The minimum absolute atomic E-state index is 1.08. The first kappa shape index (κ1) is 41.0. The van der Waals surface area contributed by atoms with Crippen molar-refractivity contribution >= 4 is 91.9 Å². The summed E-state index contributed by atoms with van der Waals surface area (Å²) in [6.07, 6.45) is 0. The molecule has 14 rings (SSSR count). The molecule has 0 fully saturated rings. The molecule has 0 bridgehead atoms. The number of anilines is 3. The maximum Gasteiger partial charge on any atom is 0.0541 e. The predicted molar refractivity (Wildman–Crippen MR) is 305 cm³/mol. The van der Waals surface area contributed by atoms with E-state index in [1.807, 2.05) is 11.3 Å². The molecule has 3 heteroatoms. The van der Waals surface area contributed by atoms with Crippen LogP contribution in [0.4, 0.5) is 17.1 Å². The smallest absolute Gasteiger partial charge is 0.0541 e. The highest BCUT2D eigenvalue weighted by molar-refractivity contribution is 7.27. The molecular weight excluding hydrogens is 877 g/mol. The van der Waals surface area contributed by atoms with Crippen LogP contribution < -0.4 is 4.90 Å². The first-order valence-electron chi connectivity index (χ1n) is 24.3. The van der Waals surface area contributed by atoms with E-state index in [9.17, 15) is 0 Å². The van der Waals surface area contributed by atoms with E-state index < -0.39 is 0 Å². The summed E-state index contributed by atoms with van der Waals surface area (Å²) in [6.45, 7) is 0. The minimum atomic E-state index is 1.08. The summed E-state index contributed by atoms with van der Waals surface area (Å²) in [4.78, 5) is 2.38. The van der Waals surface area contributed by atoms with Crippen LogP contribution >= 0.6 is 11.3 Å². The van der Waals surface area contributed by atoms with Crippen molar-refractivity contribution in [3.63, 3.8) is 0 Å². The quantitative estimate of drug-likeness (QED) is 0.147. The number of para-hydroxylation sites is 3. The molecule has 0 aliphatic rings. The molecule has 2 aromatic heterocycles. The van der Waals surface area contributed by atoms with Gasteiger partial charge in [-0.05, 0) is 127 Å². The molecule has 0 amide bonds. The summed E-state index contributed by atoms with van der Waals surface area (Å²) in [5.41, 5.74) is 16.4. The van der Waals surface area contributed by atoms with Crippen LogP contribution in [0.25, 0.3) is 114 Å². The first-order valence-corrected chi connectivity index (χ1v) is 25.1. The first-order chi connectivity index (χ1) is 35.2. The normalized spacial score (nSPS) is 11.7. The van der Waals surface area contributed by atoms with Gasteiger partial charge in [-0.3, -0.25) is 0 Å². The minimum Gasteiger partial charge on any atom is -0.311 e. The molecule has 71 heavy (non-hydrogen) atoms. The monoisotopic (exact) mass is 920 g/mol. The number of nitrogens with zero attached hydrogens (tertiary/aromatic N) is 2. The lowest BCUT2D eigenvalue weighted by molar-refractivity contribution is 1.18. The van der Waals surface area contributed by atoms with Crippen LogP contribution in [0.3, 0.4) is 0 Å². The second-order valence-electron chi connectivity index (χ2n) is 18.5. The number of hydrogen-bond donors (Lipinski definition) is 0. The van der Waals surface area contributed by atoms with Crippen LogP contribution in [0.15, 0.2) is 267 Å². The Morgan fingerprint density at radius 3 is 1.44 bits per heavy atom. The van der Waals surface area contributed by atoms with Crippen LogP contribution in [-0.2, 0) is 0 Å². The second-order valence-corrected chi connectivity index (χ2v) is 19.5. The number of rotatable bonds is 8. The second kappa shape index (κ2) is 16.9. The van der Waals surface area contributed by atoms with Gasteiger partial charge < -0.3 is 9.47 Å². The molecule has 0 atom stereocenters. The van der Waals surface area contributed by atoms with E-state index >= 15 is 0 Å². The van der Waals surface area contributed by atoms with E-state index in [0.29, 0.717) is 0 Å². The molecule has 332 valence electrons. The predicted octanol–water partition coefficient (Wildman–Crippen LogP) is 19.6. The maximum absolute atomic E-state index is 2.42. The van der Waals surface area contributed by atoms with E-state index in [0.717, 1.165) is 28.3 Å². The Morgan fingerprint density at radius 2 is 0.732 bits per heavy atom. The largest absolute Gasteiger partial charge is 0.311 e. The van der Waals surface area contributed by atoms with Crippen molar-refractivity contribution in [2.24, 2.45) is 0 Å². The van der Waals surface area contributed by atoms with Gasteiger partial charge in [-0.25, -0.2) is 0 Å². The maximum atomic E-state index is 2.42. The van der Waals surface area contributed by atoms with Crippen molar-refractivity contribution in [1.29, 1.82) is 0 Å². The van der Waals surface area contributed by atoms with Gasteiger partial charge in [0.25, 0.3) is 0 Å². The number of thiophene rings is 1. The Bertz CT molecular complexity index is 4280. The molecular formula is C68H44N2S. The van der Waals surface area contributed by atoms with Crippen molar-refractivity contribution in [3.8, 4) is 50.2 Å². The standard InChI is InChI=1S/C68H44N2S/c1-2-15-50-44-53(28-27-45(50)13-1)52-17-11-16-51(43-52)46-29-36-54(37-30-46)69(56-40-33-49(34-41-56)59-22-12-23-62-63-42-35-47-14-3-4-19-58(47)68(63)71-67(59)62)55-38-31-48(32-39-55)57-18-5-8-24-64(57)70-65-25-9-6-20-60(65)61-21-7-10-26-66(61)70/h1-44H.